The van der Waals surface area contributed by atoms with Crippen molar-refractivity contribution in [2.75, 3.05) is 5.32 Å². The molecule has 0 aliphatic heterocycles. The molecule has 0 bridgehead atoms. The number of carbonyl (C=O) groups is 1. The molecule has 4 heteroatoms. The molecule has 28 heavy (non-hydrogen) atoms. The van der Waals surface area contributed by atoms with Crippen LogP contribution in [0.25, 0.3) is 0 Å². The lowest BCUT2D eigenvalue weighted by Crippen LogP contribution is -2.16. The largest absolute Gasteiger partial charge is 0.378 e. The van der Waals surface area contributed by atoms with Crippen LogP contribution in [0.1, 0.15) is 53.7 Å². The molecule has 3 aromatic carbocycles. The fourth-order valence-corrected chi connectivity index (χ4v) is 3.58. The average molecular weight is 501 g/mol. The van der Waals surface area contributed by atoms with Crippen LogP contribution in [0.5, 0.6) is 0 Å². The second kappa shape index (κ2) is 9.53. The summed E-state index contributed by atoms with van der Waals surface area (Å²) >= 11 is 6.89. The van der Waals surface area contributed by atoms with Crippen molar-refractivity contribution in [2.45, 2.75) is 32.2 Å². The van der Waals surface area contributed by atoms with E-state index >= 15 is 0 Å². The first-order valence-electron chi connectivity index (χ1n) is 9.33. The van der Waals surface area contributed by atoms with Crippen LogP contribution in [-0.4, -0.2) is 5.78 Å². The van der Waals surface area contributed by atoms with Crippen LogP contribution in [0.4, 0.5) is 5.69 Å². The maximum Gasteiger partial charge on any atom is 0.165 e. The highest BCUT2D eigenvalue weighted by Gasteiger charge is 2.18. The molecule has 1 atom stereocenters. The Bertz CT molecular complexity index is 916. The average Bonchev–Trinajstić information content (AvgIpc) is 2.69. The molecule has 3 rings (SSSR count). The monoisotopic (exact) mass is 499 g/mol. The van der Waals surface area contributed by atoms with E-state index in [0.29, 0.717) is 12.3 Å². The summed E-state index contributed by atoms with van der Waals surface area (Å²) in [6, 6.07) is 24.0. The van der Waals surface area contributed by atoms with Crippen molar-refractivity contribution < 1.29 is 4.79 Å². The van der Waals surface area contributed by atoms with Crippen LogP contribution in [0.15, 0.2) is 81.7 Å². The summed E-state index contributed by atoms with van der Waals surface area (Å²) in [4.78, 5) is 12.9. The summed E-state index contributed by atoms with van der Waals surface area (Å²) in [5, 5.41) is 3.53. The van der Waals surface area contributed by atoms with Crippen molar-refractivity contribution in [3.05, 3.63) is 98.4 Å². The van der Waals surface area contributed by atoms with E-state index in [-0.39, 0.29) is 11.8 Å². The second-order valence-electron chi connectivity index (χ2n) is 7.16. The van der Waals surface area contributed by atoms with E-state index < -0.39 is 0 Å². The van der Waals surface area contributed by atoms with Crippen molar-refractivity contribution in [1.29, 1.82) is 0 Å². The molecule has 0 amide bonds. The molecule has 0 aromatic heterocycles. The predicted octanol–water partition coefficient (Wildman–Crippen LogP) is 7.76. The second-order valence-corrected chi connectivity index (χ2v) is 8.99. The molecule has 0 radical (unpaired) electrons. The summed E-state index contributed by atoms with van der Waals surface area (Å²) in [5.41, 5.74) is 4.12. The third-order valence-electron chi connectivity index (χ3n) is 4.75. The zero-order chi connectivity index (χ0) is 20.1. The van der Waals surface area contributed by atoms with Crippen molar-refractivity contribution in [1.82, 2.24) is 0 Å². The van der Waals surface area contributed by atoms with Crippen molar-refractivity contribution in [3.63, 3.8) is 0 Å². The highest BCUT2D eigenvalue weighted by molar-refractivity contribution is 9.10. The number of hydrogen-bond donors (Lipinski definition) is 1. The van der Waals surface area contributed by atoms with E-state index in [2.05, 4.69) is 75.3 Å². The van der Waals surface area contributed by atoms with Gasteiger partial charge < -0.3 is 5.32 Å². The Kier molecular flexibility index (Phi) is 7.08. The smallest absolute Gasteiger partial charge is 0.165 e. The highest BCUT2D eigenvalue weighted by atomic mass is 79.9. The maximum atomic E-state index is 12.9. The van der Waals surface area contributed by atoms with Crippen molar-refractivity contribution >= 4 is 43.3 Å². The quantitative estimate of drug-likeness (QED) is 0.336. The van der Waals surface area contributed by atoms with Gasteiger partial charge in [0.05, 0.1) is 6.04 Å². The maximum absolute atomic E-state index is 12.9. The summed E-state index contributed by atoms with van der Waals surface area (Å²) in [7, 11) is 0. The van der Waals surface area contributed by atoms with Gasteiger partial charge in [-0.15, -0.1) is 0 Å². The molecule has 0 fully saturated rings. The Balaban J connectivity index is 1.85. The molecule has 1 N–H and O–H groups in total. The van der Waals surface area contributed by atoms with E-state index in [4.69, 9.17) is 0 Å². The van der Waals surface area contributed by atoms with Gasteiger partial charge in [-0.25, -0.2) is 0 Å². The molecule has 0 spiro atoms. The predicted molar refractivity (Wildman–Crippen MR) is 124 cm³/mol. The minimum Gasteiger partial charge on any atom is -0.378 e. The summed E-state index contributed by atoms with van der Waals surface area (Å²) < 4.78 is 2.00. The first-order chi connectivity index (χ1) is 13.4. The molecule has 0 aliphatic rings. The Labute approximate surface area is 183 Å². The summed E-state index contributed by atoms with van der Waals surface area (Å²) in [6.45, 7) is 4.37. The third kappa shape index (κ3) is 5.55. The van der Waals surface area contributed by atoms with Gasteiger partial charge in [-0.3, -0.25) is 4.79 Å². The molecule has 2 nitrogen and oxygen atoms in total. The molecule has 0 heterocycles. The van der Waals surface area contributed by atoms with Gasteiger partial charge in [0.15, 0.2) is 5.78 Å². The van der Waals surface area contributed by atoms with Crippen LogP contribution >= 0.6 is 31.9 Å². The summed E-state index contributed by atoms with van der Waals surface area (Å²) in [6.07, 6.45) is 0.388. The Hall–Kier alpha value is -1.91. The number of carbonyl (C=O) groups excluding carboxylic acids is 1. The number of Topliss-reactive ketones (excluding diaryl/α,β-unsaturated/α-hetero) is 1. The van der Waals surface area contributed by atoms with Gasteiger partial charge in [-0.05, 0) is 53.4 Å². The number of ketones is 1. The van der Waals surface area contributed by atoms with Gasteiger partial charge in [-0.2, -0.15) is 0 Å². The van der Waals surface area contributed by atoms with E-state index in [1.807, 2.05) is 48.5 Å². The van der Waals surface area contributed by atoms with Crippen LogP contribution in [0, 0.1) is 0 Å². The van der Waals surface area contributed by atoms with Crippen LogP contribution in [0.3, 0.4) is 0 Å². The summed E-state index contributed by atoms with van der Waals surface area (Å²) in [5.74, 6) is 0.603. The van der Waals surface area contributed by atoms with E-state index in [1.165, 1.54) is 5.56 Å². The van der Waals surface area contributed by atoms with Gasteiger partial charge in [0.2, 0.25) is 0 Å². The number of hydrogen-bond acceptors (Lipinski definition) is 2. The van der Waals surface area contributed by atoms with Gasteiger partial charge in [0.25, 0.3) is 0 Å². The number of benzene rings is 3. The fraction of sp³-hybridized carbons (Fsp3) is 0.208. The molecule has 0 saturated carbocycles. The highest BCUT2D eigenvalue weighted by Crippen LogP contribution is 2.27. The molecule has 144 valence electrons. The minimum atomic E-state index is -0.0986. The van der Waals surface area contributed by atoms with E-state index in [0.717, 1.165) is 25.8 Å². The minimum absolute atomic E-state index is 0.0986. The van der Waals surface area contributed by atoms with Crippen molar-refractivity contribution in [3.8, 4) is 0 Å². The molecule has 0 aliphatic carbocycles. The number of halogens is 2. The number of nitrogens with one attached hydrogen (secondary N) is 1. The molecule has 0 saturated heterocycles. The Morgan fingerprint density at radius 3 is 1.82 bits per heavy atom. The molecule has 3 aromatic rings. The molecule has 1 unspecified atom stereocenters. The lowest BCUT2D eigenvalue weighted by Gasteiger charge is -2.21. The van der Waals surface area contributed by atoms with Gasteiger partial charge >= 0.3 is 0 Å². The standard InChI is InChI=1S/C24H23Br2NO/c1-16(2)17-3-5-18(6-4-17)23(27-22-13-11-21(26)12-14-22)15-24(28)19-7-9-20(25)10-8-19/h3-14,16,23,27H,15H2,1-2H3. The molecular formula is C24H23Br2NO. The van der Waals surface area contributed by atoms with Gasteiger partial charge in [0, 0.05) is 26.6 Å². The van der Waals surface area contributed by atoms with Crippen molar-refractivity contribution in [2.24, 2.45) is 0 Å². The number of anilines is 1. The SMILES string of the molecule is CC(C)c1ccc(C(CC(=O)c2ccc(Br)cc2)Nc2ccc(Br)cc2)cc1. The first kappa shape index (κ1) is 20.8. The zero-order valence-electron chi connectivity index (χ0n) is 16.0. The van der Waals surface area contributed by atoms with E-state index in [1.54, 1.807) is 0 Å². The zero-order valence-corrected chi connectivity index (χ0v) is 19.1. The van der Waals surface area contributed by atoms with E-state index in [9.17, 15) is 4.79 Å². The lowest BCUT2D eigenvalue weighted by atomic mass is 9.95. The van der Waals surface area contributed by atoms with Crippen LogP contribution in [0.2, 0.25) is 0 Å². The number of rotatable bonds is 7. The third-order valence-corrected chi connectivity index (χ3v) is 5.80. The van der Waals surface area contributed by atoms with Crippen LogP contribution in [-0.2, 0) is 0 Å². The first-order valence-corrected chi connectivity index (χ1v) is 10.9. The Morgan fingerprint density at radius 2 is 1.29 bits per heavy atom. The normalized spacial score (nSPS) is 12.0. The van der Waals surface area contributed by atoms with Crippen LogP contribution < -0.4 is 5.32 Å². The Morgan fingerprint density at radius 1 is 0.786 bits per heavy atom. The van der Waals surface area contributed by atoms with Gasteiger partial charge in [-0.1, -0.05) is 82.1 Å². The van der Waals surface area contributed by atoms with Gasteiger partial charge in [0.1, 0.15) is 0 Å². The lowest BCUT2D eigenvalue weighted by molar-refractivity contribution is 0.0976. The molecular weight excluding hydrogens is 478 g/mol. The fourth-order valence-electron chi connectivity index (χ4n) is 3.05. The topological polar surface area (TPSA) is 29.1 Å².